The molecule has 1 nitrogen and oxygen atoms in total. The third-order valence-electron chi connectivity index (χ3n) is 3.74. The highest BCUT2D eigenvalue weighted by Crippen LogP contribution is 2.41. The molecular formula is C13H18O. The topological polar surface area (TPSA) is 20.2 Å². The molecule has 1 aromatic carbocycles. The molecule has 0 aliphatic heterocycles. The van der Waals surface area contributed by atoms with Gasteiger partial charge >= 0.3 is 0 Å². The Kier molecular flexibility index (Phi) is 2.36. The van der Waals surface area contributed by atoms with E-state index in [2.05, 4.69) is 38.1 Å². The zero-order chi connectivity index (χ0) is 10.2. The van der Waals surface area contributed by atoms with Crippen molar-refractivity contribution in [2.45, 2.75) is 26.7 Å². The molecule has 0 heterocycles. The number of aliphatic hydroxyl groups excluding tert-OH is 1. The van der Waals surface area contributed by atoms with Gasteiger partial charge in [0.05, 0.1) is 0 Å². The minimum absolute atomic E-state index is 0.101. The van der Waals surface area contributed by atoms with Gasteiger partial charge in [0.25, 0.3) is 0 Å². The summed E-state index contributed by atoms with van der Waals surface area (Å²) in [5, 5.41) is 9.56. The first-order valence-corrected chi connectivity index (χ1v) is 5.35. The average Bonchev–Trinajstić information content (AvgIpc) is 2.57. The largest absolute Gasteiger partial charge is 0.396 e. The van der Waals surface area contributed by atoms with Crippen molar-refractivity contribution in [3.8, 4) is 0 Å². The second kappa shape index (κ2) is 3.39. The first-order valence-electron chi connectivity index (χ1n) is 5.35. The Balaban J connectivity index is 2.32. The van der Waals surface area contributed by atoms with Gasteiger partial charge in [-0.2, -0.15) is 0 Å². The van der Waals surface area contributed by atoms with Crippen molar-refractivity contribution < 1.29 is 5.11 Å². The third kappa shape index (κ3) is 1.36. The highest BCUT2D eigenvalue weighted by atomic mass is 16.3. The number of hydrogen-bond acceptors (Lipinski definition) is 1. The van der Waals surface area contributed by atoms with E-state index in [4.69, 9.17) is 0 Å². The number of aliphatic hydroxyl groups is 1. The van der Waals surface area contributed by atoms with Crippen LogP contribution < -0.4 is 0 Å². The molecule has 1 N–H and O–H groups in total. The lowest BCUT2D eigenvalue weighted by Gasteiger charge is -2.31. The summed E-state index contributed by atoms with van der Waals surface area (Å²) >= 11 is 0. The van der Waals surface area contributed by atoms with Crippen LogP contribution in [-0.2, 0) is 12.8 Å². The summed E-state index contributed by atoms with van der Waals surface area (Å²) in [5.41, 5.74) is 2.95. The minimum atomic E-state index is 0.101. The molecule has 0 amide bonds. The maximum atomic E-state index is 9.56. The molecule has 0 saturated heterocycles. The van der Waals surface area contributed by atoms with Gasteiger partial charge in [-0.05, 0) is 29.9 Å². The predicted molar refractivity (Wildman–Crippen MR) is 58.2 cm³/mol. The molecule has 0 fully saturated rings. The van der Waals surface area contributed by atoms with Gasteiger partial charge in [0.1, 0.15) is 0 Å². The zero-order valence-corrected chi connectivity index (χ0v) is 8.96. The van der Waals surface area contributed by atoms with E-state index >= 15 is 0 Å². The smallest absolute Gasteiger partial charge is 0.0496 e. The van der Waals surface area contributed by atoms with E-state index in [0.717, 1.165) is 12.8 Å². The van der Waals surface area contributed by atoms with Gasteiger partial charge in [-0.3, -0.25) is 0 Å². The summed E-state index contributed by atoms with van der Waals surface area (Å²) in [7, 11) is 0. The first-order chi connectivity index (χ1) is 6.68. The van der Waals surface area contributed by atoms with E-state index < -0.39 is 0 Å². The molecule has 0 bridgehead atoms. The first kappa shape index (κ1) is 9.72. The fraction of sp³-hybridized carbons (Fsp3) is 0.538. The summed E-state index contributed by atoms with van der Waals surface area (Å²) in [6, 6.07) is 8.56. The van der Waals surface area contributed by atoms with Crippen molar-refractivity contribution in [2.75, 3.05) is 6.61 Å². The van der Waals surface area contributed by atoms with Crippen LogP contribution in [0.25, 0.3) is 0 Å². The molecule has 0 unspecified atom stereocenters. The molecule has 1 heteroatoms. The number of hydrogen-bond donors (Lipinski definition) is 1. The quantitative estimate of drug-likeness (QED) is 0.759. The molecule has 0 aromatic heterocycles. The van der Waals surface area contributed by atoms with Crippen LogP contribution in [0.3, 0.4) is 0 Å². The second-order valence-electron chi connectivity index (χ2n) is 4.80. The molecule has 1 aliphatic carbocycles. The normalized spacial score (nSPS) is 18.6. The summed E-state index contributed by atoms with van der Waals surface area (Å²) in [4.78, 5) is 0. The van der Waals surface area contributed by atoms with Crippen LogP contribution in [0.15, 0.2) is 24.3 Å². The Labute approximate surface area is 85.8 Å². The van der Waals surface area contributed by atoms with E-state index in [1.807, 2.05) is 0 Å². The SMILES string of the molecule is CC(C)C1(CO)Cc2ccccc2C1. The van der Waals surface area contributed by atoms with Gasteiger partial charge in [0, 0.05) is 12.0 Å². The fourth-order valence-electron chi connectivity index (χ4n) is 2.43. The average molecular weight is 190 g/mol. The van der Waals surface area contributed by atoms with Crippen molar-refractivity contribution in [1.29, 1.82) is 0 Å². The van der Waals surface area contributed by atoms with Crippen molar-refractivity contribution in [3.63, 3.8) is 0 Å². The molecule has 0 saturated carbocycles. The molecule has 1 aliphatic rings. The standard InChI is InChI=1S/C13H18O/c1-10(2)13(9-14)7-11-5-3-4-6-12(11)8-13/h3-6,10,14H,7-9H2,1-2H3. The van der Waals surface area contributed by atoms with Crippen LogP contribution >= 0.6 is 0 Å². The van der Waals surface area contributed by atoms with Gasteiger partial charge in [0.15, 0.2) is 0 Å². The van der Waals surface area contributed by atoms with Crippen LogP contribution in [0.5, 0.6) is 0 Å². The Morgan fingerprint density at radius 3 is 2.07 bits per heavy atom. The van der Waals surface area contributed by atoms with Crippen LogP contribution in [0, 0.1) is 11.3 Å². The lowest BCUT2D eigenvalue weighted by Crippen LogP contribution is -2.32. The van der Waals surface area contributed by atoms with Crippen LogP contribution in [0.1, 0.15) is 25.0 Å². The Morgan fingerprint density at radius 2 is 1.71 bits per heavy atom. The van der Waals surface area contributed by atoms with Gasteiger partial charge in [0.2, 0.25) is 0 Å². The second-order valence-corrected chi connectivity index (χ2v) is 4.80. The molecule has 14 heavy (non-hydrogen) atoms. The van der Waals surface area contributed by atoms with Gasteiger partial charge in [-0.25, -0.2) is 0 Å². The number of rotatable bonds is 2. The minimum Gasteiger partial charge on any atom is -0.396 e. The molecule has 1 aromatic rings. The van der Waals surface area contributed by atoms with Crippen molar-refractivity contribution in [1.82, 2.24) is 0 Å². The molecule has 2 rings (SSSR count). The monoisotopic (exact) mass is 190 g/mol. The van der Waals surface area contributed by atoms with E-state index in [1.165, 1.54) is 11.1 Å². The van der Waals surface area contributed by atoms with Gasteiger partial charge < -0.3 is 5.11 Å². The summed E-state index contributed by atoms with van der Waals surface area (Å²) < 4.78 is 0. The zero-order valence-electron chi connectivity index (χ0n) is 8.96. The van der Waals surface area contributed by atoms with Crippen molar-refractivity contribution in [2.24, 2.45) is 11.3 Å². The lowest BCUT2D eigenvalue weighted by molar-refractivity contribution is 0.0864. The van der Waals surface area contributed by atoms with Crippen LogP contribution in [0.2, 0.25) is 0 Å². The van der Waals surface area contributed by atoms with Crippen LogP contribution in [0.4, 0.5) is 0 Å². The maximum absolute atomic E-state index is 9.56. The van der Waals surface area contributed by atoms with Crippen LogP contribution in [-0.4, -0.2) is 11.7 Å². The molecule has 0 atom stereocenters. The van der Waals surface area contributed by atoms with E-state index in [-0.39, 0.29) is 5.41 Å². The van der Waals surface area contributed by atoms with Crippen molar-refractivity contribution >= 4 is 0 Å². The number of fused-ring (bicyclic) bond motifs is 1. The fourth-order valence-corrected chi connectivity index (χ4v) is 2.43. The highest BCUT2D eigenvalue weighted by molar-refractivity contribution is 5.34. The van der Waals surface area contributed by atoms with E-state index in [9.17, 15) is 5.11 Å². The van der Waals surface area contributed by atoms with Gasteiger partial charge in [-0.15, -0.1) is 0 Å². The van der Waals surface area contributed by atoms with E-state index in [1.54, 1.807) is 0 Å². The van der Waals surface area contributed by atoms with E-state index in [0.29, 0.717) is 12.5 Å². The predicted octanol–water partition coefficient (Wildman–Crippen LogP) is 2.42. The van der Waals surface area contributed by atoms with Gasteiger partial charge in [-0.1, -0.05) is 38.1 Å². The summed E-state index contributed by atoms with van der Waals surface area (Å²) in [6.07, 6.45) is 2.08. The molecule has 76 valence electrons. The Hall–Kier alpha value is -0.820. The highest BCUT2D eigenvalue weighted by Gasteiger charge is 2.38. The summed E-state index contributed by atoms with van der Waals surface area (Å²) in [6.45, 7) is 4.73. The lowest BCUT2D eigenvalue weighted by atomic mass is 9.75. The third-order valence-corrected chi connectivity index (χ3v) is 3.74. The Bertz CT molecular complexity index is 303. The summed E-state index contributed by atoms with van der Waals surface area (Å²) in [5.74, 6) is 0.542. The maximum Gasteiger partial charge on any atom is 0.0496 e. The molecule has 0 radical (unpaired) electrons. The number of benzene rings is 1. The van der Waals surface area contributed by atoms with Crippen molar-refractivity contribution in [3.05, 3.63) is 35.4 Å². The Morgan fingerprint density at radius 1 is 1.21 bits per heavy atom. The molecular weight excluding hydrogens is 172 g/mol. The molecule has 0 spiro atoms.